The summed E-state index contributed by atoms with van der Waals surface area (Å²) in [5.41, 5.74) is 0. The second kappa shape index (κ2) is 10.6. The number of halogens is 4. The Hall–Kier alpha value is 1.65. The lowest BCUT2D eigenvalue weighted by atomic mass is 10.5. The Morgan fingerprint density at radius 1 is 1.12 bits per heavy atom. The molecule has 1 atom stereocenters. The summed E-state index contributed by atoms with van der Waals surface area (Å²) in [5, 5.41) is 0.665. The van der Waals surface area contributed by atoms with E-state index in [2.05, 4.69) is 31.9 Å². The third-order valence-electron chi connectivity index (χ3n) is 1.23. The lowest BCUT2D eigenvalue weighted by Crippen LogP contribution is -2.12. The van der Waals surface area contributed by atoms with Crippen molar-refractivity contribution in [2.75, 3.05) is 36.9 Å². The first-order chi connectivity index (χ1) is 7.58. The minimum absolute atomic E-state index is 0.0278. The first kappa shape index (κ1) is 17.6. The SMILES string of the molecule is O=P(OCCCl)(OCCCl)OCC(Br)CBr. The van der Waals surface area contributed by atoms with E-state index in [1.54, 1.807) is 0 Å². The molecule has 0 radical (unpaired) electrons. The molecule has 9 heteroatoms. The van der Waals surface area contributed by atoms with E-state index in [1.807, 2.05) is 0 Å². The Labute approximate surface area is 122 Å². The summed E-state index contributed by atoms with van der Waals surface area (Å²) >= 11 is 17.4. The number of hydrogen-bond acceptors (Lipinski definition) is 4. The van der Waals surface area contributed by atoms with E-state index in [4.69, 9.17) is 36.8 Å². The Morgan fingerprint density at radius 3 is 2.00 bits per heavy atom. The Kier molecular flexibility index (Phi) is 11.7. The van der Waals surface area contributed by atoms with Crippen molar-refractivity contribution in [2.24, 2.45) is 0 Å². The summed E-state index contributed by atoms with van der Waals surface area (Å²) < 4.78 is 27.0. The molecule has 1 unspecified atom stereocenters. The van der Waals surface area contributed by atoms with Gasteiger partial charge in [0.25, 0.3) is 0 Å². The van der Waals surface area contributed by atoms with Crippen LogP contribution in [-0.2, 0) is 18.1 Å². The van der Waals surface area contributed by atoms with Crippen molar-refractivity contribution in [2.45, 2.75) is 4.83 Å². The quantitative estimate of drug-likeness (QED) is 0.397. The van der Waals surface area contributed by atoms with E-state index in [0.29, 0.717) is 5.33 Å². The van der Waals surface area contributed by atoms with Crippen LogP contribution < -0.4 is 0 Å². The third-order valence-corrected chi connectivity index (χ3v) is 5.24. The zero-order chi connectivity index (χ0) is 12.4. The molecule has 0 saturated heterocycles. The van der Waals surface area contributed by atoms with Crippen LogP contribution in [0.3, 0.4) is 0 Å². The molecule has 0 aliphatic heterocycles. The lowest BCUT2D eigenvalue weighted by molar-refractivity contribution is 0.124. The summed E-state index contributed by atoms with van der Waals surface area (Å²) in [4.78, 5) is 0.0278. The predicted octanol–water partition coefficient (Wildman–Crippen LogP) is 3.78. The summed E-state index contributed by atoms with van der Waals surface area (Å²) in [6.45, 7) is 0.401. The minimum atomic E-state index is -3.54. The topological polar surface area (TPSA) is 44.8 Å². The molecule has 98 valence electrons. The average molecular weight is 423 g/mol. The highest BCUT2D eigenvalue weighted by atomic mass is 79.9. The molecule has 0 heterocycles. The number of alkyl halides is 4. The number of hydrogen-bond donors (Lipinski definition) is 0. The number of phosphoric ester groups is 1. The van der Waals surface area contributed by atoms with E-state index in [9.17, 15) is 4.57 Å². The van der Waals surface area contributed by atoms with Crippen molar-refractivity contribution in [3.63, 3.8) is 0 Å². The molecule has 0 fully saturated rings. The highest BCUT2D eigenvalue weighted by Gasteiger charge is 2.27. The van der Waals surface area contributed by atoms with Crippen LogP contribution in [0.4, 0.5) is 0 Å². The highest BCUT2D eigenvalue weighted by Crippen LogP contribution is 2.49. The molecule has 0 rings (SSSR count). The van der Waals surface area contributed by atoms with Crippen molar-refractivity contribution in [3.8, 4) is 0 Å². The van der Waals surface area contributed by atoms with Gasteiger partial charge in [0.2, 0.25) is 0 Å². The van der Waals surface area contributed by atoms with E-state index in [0.717, 1.165) is 0 Å². The molecule has 0 bridgehead atoms. The fraction of sp³-hybridized carbons (Fsp3) is 1.00. The number of rotatable bonds is 10. The van der Waals surface area contributed by atoms with Crippen molar-refractivity contribution >= 4 is 62.9 Å². The molecule has 0 spiro atoms. The Balaban J connectivity index is 4.12. The monoisotopic (exact) mass is 420 g/mol. The van der Waals surface area contributed by atoms with Crippen LogP contribution >= 0.6 is 62.9 Å². The van der Waals surface area contributed by atoms with Crippen molar-refractivity contribution < 1.29 is 18.1 Å². The zero-order valence-corrected chi connectivity index (χ0v) is 14.0. The summed E-state index contributed by atoms with van der Waals surface area (Å²) in [6.07, 6.45) is 0. The van der Waals surface area contributed by atoms with Crippen LogP contribution in [-0.4, -0.2) is 41.7 Å². The first-order valence-corrected chi connectivity index (χ1v) is 9.00. The van der Waals surface area contributed by atoms with Gasteiger partial charge in [0, 0.05) is 21.9 Å². The van der Waals surface area contributed by atoms with Gasteiger partial charge in [-0.05, 0) is 0 Å². The molecular formula is C7H13Br2Cl2O4P. The van der Waals surface area contributed by atoms with Gasteiger partial charge in [0.05, 0.1) is 19.8 Å². The molecule has 0 aliphatic carbocycles. The average Bonchev–Trinajstić information content (AvgIpc) is 2.31. The molecule has 0 amide bonds. The van der Waals surface area contributed by atoms with Crippen LogP contribution in [0.15, 0.2) is 0 Å². The summed E-state index contributed by atoms with van der Waals surface area (Å²) in [7, 11) is -3.54. The van der Waals surface area contributed by atoms with Crippen molar-refractivity contribution in [1.29, 1.82) is 0 Å². The summed E-state index contributed by atoms with van der Waals surface area (Å²) in [5.74, 6) is 0.432. The van der Waals surface area contributed by atoms with E-state index >= 15 is 0 Å². The standard InChI is InChI=1S/C7H13Br2Cl2O4P/c8-5-7(9)6-15-16(12,13-3-1-10)14-4-2-11/h7H,1-6H2. The molecular weight excluding hydrogens is 410 g/mol. The van der Waals surface area contributed by atoms with Crippen LogP contribution in [0.2, 0.25) is 0 Å². The van der Waals surface area contributed by atoms with E-state index < -0.39 is 7.82 Å². The van der Waals surface area contributed by atoms with Gasteiger partial charge in [0.1, 0.15) is 0 Å². The number of phosphoric acid groups is 1. The maximum Gasteiger partial charge on any atom is 0.474 e. The second-order valence-corrected chi connectivity index (χ2v) is 6.91. The highest BCUT2D eigenvalue weighted by molar-refractivity contribution is 9.12. The fourth-order valence-electron chi connectivity index (χ4n) is 0.621. The predicted molar refractivity (Wildman–Crippen MR) is 73.4 cm³/mol. The van der Waals surface area contributed by atoms with Gasteiger partial charge >= 0.3 is 7.82 Å². The van der Waals surface area contributed by atoms with Gasteiger partial charge in [-0.3, -0.25) is 13.6 Å². The van der Waals surface area contributed by atoms with Gasteiger partial charge in [-0.25, -0.2) is 4.57 Å². The fourth-order valence-corrected chi connectivity index (χ4v) is 2.73. The van der Waals surface area contributed by atoms with Crippen LogP contribution in [0.5, 0.6) is 0 Å². The van der Waals surface area contributed by atoms with Crippen LogP contribution in [0.1, 0.15) is 0 Å². The summed E-state index contributed by atoms with van der Waals surface area (Å²) in [6, 6.07) is 0. The zero-order valence-electron chi connectivity index (χ0n) is 8.41. The molecule has 0 aromatic carbocycles. The largest absolute Gasteiger partial charge is 0.474 e. The van der Waals surface area contributed by atoms with Crippen LogP contribution in [0.25, 0.3) is 0 Å². The molecule has 16 heavy (non-hydrogen) atoms. The van der Waals surface area contributed by atoms with Gasteiger partial charge in [-0.1, -0.05) is 31.9 Å². The Morgan fingerprint density at radius 2 is 1.62 bits per heavy atom. The third kappa shape index (κ3) is 8.70. The van der Waals surface area contributed by atoms with Gasteiger partial charge in [0.15, 0.2) is 0 Å². The molecule has 0 saturated carbocycles. The second-order valence-electron chi connectivity index (χ2n) is 2.54. The smallest absolute Gasteiger partial charge is 0.286 e. The van der Waals surface area contributed by atoms with Crippen LogP contribution in [0, 0.1) is 0 Å². The van der Waals surface area contributed by atoms with Crippen molar-refractivity contribution in [3.05, 3.63) is 0 Å². The molecule has 0 aromatic heterocycles. The maximum atomic E-state index is 11.9. The molecule has 0 aromatic rings. The van der Waals surface area contributed by atoms with E-state index in [1.165, 1.54) is 0 Å². The van der Waals surface area contributed by atoms with Gasteiger partial charge < -0.3 is 0 Å². The minimum Gasteiger partial charge on any atom is -0.286 e. The molecule has 0 N–H and O–H groups in total. The normalized spacial score (nSPS) is 14.0. The first-order valence-electron chi connectivity index (χ1n) is 4.43. The molecule has 0 aliphatic rings. The lowest BCUT2D eigenvalue weighted by Gasteiger charge is -2.18. The van der Waals surface area contributed by atoms with Gasteiger partial charge in [-0.2, -0.15) is 0 Å². The van der Waals surface area contributed by atoms with E-state index in [-0.39, 0.29) is 36.4 Å². The van der Waals surface area contributed by atoms with Gasteiger partial charge in [-0.15, -0.1) is 23.2 Å². The van der Waals surface area contributed by atoms with Crippen molar-refractivity contribution in [1.82, 2.24) is 0 Å². The molecule has 4 nitrogen and oxygen atoms in total. The maximum absolute atomic E-state index is 11.9. The Bertz CT molecular complexity index is 211.